The third kappa shape index (κ3) is 6.18. The van der Waals surface area contributed by atoms with Crippen LogP contribution in [-0.4, -0.2) is 42.1 Å². The number of nitrogens with zero attached hydrogens (tertiary/aromatic N) is 3. The molecule has 1 aromatic carbocycles. The van der Waals surface area contributed by atoms with E-state index in [9.17, 15) is 9.18 Å². The molecule has 0 spiro atoms. The molecular weight excluding hydrogens is 416 g/mol. The summed E-state index contributed by atoms with van der Waals surface area (Å²) in [5.74, 6) is 0.640. The van der Waals surface area contributed by atoms with E-state index in [-0.39, 0.29) is 41.0 Å². The average molecular weight is 442 g/mol. The molecule has 1 amide bonds. The van der Waals surface area contributed by atoms with Crippen molar-refractivity contribution < 1.29 is 9.18 Å². The topological polar surface area (TPSA) is 70.2 Å². The summed E-state index contributed by atoms with van der Waals surface area (Å²) in [5.41, 5.74) is 1.20. The first-order valence-corrected chi connectivity index (χ1v) is 9.75. The summed E-state index contributed by atoms with van der Waals surface area (Å²) in [5, 5.41) is 6.41. The summed E-state index contributed by atoms with van der Waals surface area (Å²) >= 11 is 5.67. The van der Waals surface area contributed by atoms with Crippen molar-refractivity contribution in [2.24, 2.45) is 0 Å². The molecule has 1 aliphatic rings. The Kier molecular flexibility index (Phi) is 8.05. The quantitative estimate of drug-likeness (QED) is 0.726. The number of benzene rings is 1. The molecule has 0 bridgehead atoms. The minimum absolute atomic E-state index is 0. The van der Waals surface area contributed by atoms with Gasteiger partial charge in [0.2, 0.25) is 5.95 Å². The van der Waals surface area contributed by atoms with Gasteiger partial charge in [-0.1, -0.05) is 11.6 Å². The molecular formula is C20H26Cl2FN5O. The van der Waals surface area contributed by atoms with Crippen molar-refractivity contribution in [2.75, 3.05) is 24.3 Å². The van der Waals surface area contributed by atoms with Gasteiger partial charge in [-0.2, -0.15) is 4.98 Å². The van der Waals surface area contributed by atoms with Gasteiger partial charge in [-0.3, -0.25) is 4.79 Å². The molecule has 6 nitrogen and oxygen atoms in total. The number of aromatic nitrogens is 2. The van der Waals surface area contributed by atoms with Crippen LogP contribution in [0.15, 0.2) is 24.3 Å². The molecule has 0 radical (unpaired) electrons. The number of carbonyl (C=O) groups excluding carboxylic acids is 1. The van der Waals surface area contributed by atoms with Crippen LogP contribution < -0.4 is 15.5 Å². The second kappa shape index (κ2) is 10.1. The van der Waals surface area contributed by atoms with E-state index in [0.717, 1.165) is 37.2 Å². The molecule has 9 heteroatoms. The van der Waals surface area contributed by atoms with E-state index in [4.69, 9.17) is 11.6 Å². The largest absolute Gasteiger partial charge is 0.363 e. The zero-order valence-corrected chi connectivity index (χ0v) is 18.3. The Morgan fingerprint density at radius 3 is 2.41 bits per heavy atom. The first-order valence-electron chi connectivity index (χ1n) is 9.37. The molecule has 3 rings (SSSR count). The van der Waals surface area contributed by atoms with Crippen molar-refractivity contribution in [1.82, 2.24) is 15.3 Å². The maximum Gasteiger partial charge on any atom is 0.251 e. The Morgan fingerprint density at radius 1 is 1.14 bits per heavy atom. The van der Waals surface area contributed by atoms with E-state index < -0.39 is 5.82 Å². The number of aryl methyl sites for hydroxylation is 1. The highest BCUT2D eigenvalue weighted by molar-refractivity contribution is 6.30. The van der Waals surface area contributed by atoms with Crippen molar-refractivity contribution in [3.63, 3.8) is 0 Å². The number of hydrogen-bond donors (Lipinski definition) is 2. The Balaban J connectivity index is 0.00000300. The first-order chi connectivity index (χ1) is 13.3. The Bertz CT molecular complexity index is 857. The lowest BCUT2D eigenvalue weighted by molar-refractivity contribution is 0.0926. The Labute approximate surface area is 181 Å². The number of carbonyl (C=O) groups is 1. The number of amides is 1. The highest BCUT2D eigenvalue weighted by Gasteiger charge is 2.23. The van der Waals surface area contributed by atoms with Crippen LogP contribution in [0.4, 0.5) is 16.2 Å². The van der Waals surface area contributed by atoms with Crippen LogP contribution in [-0.2, 0) is 0 Å². The molecule has 1 fully saturated rings. The maximum atomic E-state index is 13.5. The van der Waals surface area contributed by atoms with Crippen LogP contribution >= 0.6 is 24.0 Å². The summed E-state index contributed by atoms with van der Waals surface area (Å²) < 4.78 is 13.5. The number of nitrogens with one attached hydrogen (secondary N) is 2. The zero-order valence-electron chi connectivity index (χ0n) is 16.7. The smallest absolute Gasteiger partial charge is 0.251 e. The van der Waals surface area contributed by atoms with Crippen molar-refractivity contribution in [3.05, 3.63) is 46.4 Å². The molecule has 1 aromatic heterocycles. The third-order valence-corrected chi connectivity index (χ3v) is 5.18. The zero-order chi connectivity index (χ0) is 20.3. The van der Waals surface area contributed by atoms with Crippen LogP contribution in [0.5, 0.6) is 0 Å². The summed E-state index contributed by atoms with van der Waals surface area (Å²) in [6, 6.07) is 6.37. The molecule has 29 heavy (non-hydrogen) atoms. The Morgan fingerprint density at radius 2 is 1.79 bits per heavy atom. The van der Waals surface area contributed by atoms with Crippen molar-refractivity contribution in [1.29, 1.82) is 0 Å². The van der Waals surface area contributed by atoms with E-state index in [0.29, 0.717) is 5.95 Å². The fourth-order valence-electron chi connectivity index (χ4n) is 3.32. The van der Waals surface area contributed by atoms with Gasteiger partial charge < -0.3 is 15.5 Å². The number of halogens is 3. The molecule has 0 unspecified atom stereocenters. The number of rotatable bonds is 5. The lowest BCUT2D eigenvalue weighted by Gasteiger charge is -2.30. The van der Waals surface area contributed by atoms with Crippen LogP contribution in [0.1, 0.15) is 41.7 Å². The lowest BCUT2D eigenvalue weighted by Crippen LogP contribution is -2.40. The summed E-state index contributed by atoms with van der Waals surface area (Å²) in [6.07, 6.45) is 3.47. The average Bonchev–Trinajstić information content (AvgIpc) is 2.65. The van der Waals surface area contributed by atoms with E-state index in [1.165, 1.54) is 18.2 Å². The molecule has 1 saturated carbocycles. The van der Waals surface area contributed by atoms with Gasteiger partial charge in [0.05, 0.1) is 5.02 Å². The van der Waals surface area contributed by atoms with E-state index >= 15 is 0 Å². The molecule has 0 aliphatic heterocycles. The van der Waals surface area contributed by atoms with Crippen molar-refractivity contribution >= 4 is 41.7 Å². The minimum atomic E-state index is -0.586. The van der Waals surface area contributed by atoms with E-state index in [2.05, 4.69) is 20.6 Å². The molecule has 0 atom stereocenters. The van der Waals surface area contributed by atoms with E-state index in [1.54, 1.807) is 0 Å². The molecule has 1 aliphatic carbocycles. The SMILES string of the molecule is Cc1cc(N(C)C)nc(N[C@H]2CC[C@@H](NC(=O)c3ccc(Cl)c(F)c3)CC2)n1.Cl. The van der Waals surface area contributed by atoms with Crippen LogP contribution in [0.3, 0.4) is 0 Å². The first kappa shape index (κ1) is 23.2. The second-order valence-corrected chi connectivity index (χ2v) is 7.79. The van der Waals surface area contributed by atoms with Gasteiger partial charge in [0.25, 0.3) is 5.91 Å². The molecule has 2 aromatic rings. The highest BCUT2D eigenvalue weighted by atomic mass is 35.5. The van der Waals surface area contributed by atoms with Crippen LogP contribution in [0.25, 0.3) is 0 Å². The van der Waals surface area contributed by atoms with Gasteiger partial charge >= 0.3 is 0 Å². The van der Waals surface area contributed by atoms with Crippen molar-refractivity contribution in [2.45, 2.75) is 44.7 Å². The molecule has 2 N–H and O–H groups in total. The van der Waals surface area contributed by atoms with Gasteiger partial charge in [0, 0.05) is 43.5 Å². The lowest BCUT2D eigenvalue weighted by atomic mass is 9.91. The number of hydrogen-bond acceptors (Lipinski definition) is 5. The second-order valence-electron chi connectivity index (χ2n) is 7.38. The van der Waals surface area contributed by atoms with Crippen LogP contribution in [0, 0.1) is 12.7 Å². The summed E-state index contributed by atoms with van der Waals surface area (Å²) in [7, 11) is 3.90. The molecule has 0 saturated heterocycles. The Hall–Kier alpha value is -2.12. The normalized spacial score (nSPS) is 18.5. The third-order valence-electron chi connectivity index (χ3n) is 4.88. The maximum absolute atomic E-state index is 13.5. The highest BCUT2D eigenvalue weighted by Crippen LogP contribution is 2.23. The van der Waals surface area contributed by atoms with Gasteiger partial charge in [0.15, 0.2) is 0 Å². The van der Waals surface area contributed by atoms with Crippen molar-refractivity contribution in [3.8, 4) is 0 Å². The monoisotopic (exact) mass is 441 g/mol. The fraction of sp³-hybridized carbons (Fsp3) is 0.450. The van der Waals surface area contributed by atoms with Gasteiger partial charge in [-0.25, -0.2) is 9.37 Å². The minimum Gasteiger partial charge on any atom is -0.363 e. The summed E-state index contributed by atoms with van der Waals surface area (Å²) in [6.45, 7) is 1.95. The molecule has 1 heterocycles. The van der Waals surface area contributed by atoms with E-state index in [1.807, 2.05) is 32.0 Å². The predicted molar refractivity (Wildman–Crippen MR) is 117 cm³/mol. The molecule has 158 valence electrons. The number of anilines is 2. The standard InChI is InChI=1S/C20H25ClFN5O.ClH/c1-12-10-18(27(2)3)26-20(23-12)25-15-7-5-14(6-8-15)24-19(28)13-4-9-16(21)17(22)11-13;/h4,9-11,14-15H,5-8H2,1-3H3,(H,24,28)(H,23,25,26);1H/t14-,15+;. The van der Waals surface area contributed by atoms with Gasteiger partial charge in [-0.15, -0.1) is 12.4 Å². The predicted octanol–water partition coefficient (Wildman–Crippen LogP) is 4.22. The van der Waals surface area contributed by atoms with Gasteiger partial charge in [0.1, 0.15) is 11.6 Å². The van der Waals surface area contributed by atoms with Crippen LogP contribution in [0.2, 0.25) is 5.02 Å². The fourth-order valence-corrected chi connectivity index (χ4v) is 3.43. The van der Waals surface area contributed by atoms with Gasteiger partial charge in [-0.05, 0) is 50.8 Å². The summed E-state index contributed by atoms with van der Waals surface area (Å²) in [4.78, 5) is 23.3.